The second kappa shape index (κ2) is 8.70. The second-order valence-electron chi connectivity index (χ2n) is 9.28. The molecule has 2 aliphatic rings. The Labute approximate surface area is 223 Å². The van der Waals surface area contributed by atoms with Gasteiger partial charge in [-0.15, -0.1) is 0 Å². The monoisotopic (exact) mass is 528 g/mol. The van der Waals surface area contributed by atoms with Crippen LogP contribution in [0.25, 0.3) is 10.8 Å². The van der Waals surface area contributed by atoms with Crippen molar-refractivity contribution in [2.24, 2.45) is 0 Å². The molecule has 6 rings (SSSR count). The lowest BCUT2D eigenvalue weighted by atomic mass is 9.76. The van der Waals surface area contributed by atoms with E-state index in [0.29, 0.717) is 28.0 Å². The number of rotatable bonds is 5. The van der Waals surface area contributed by atoms with Crippen LogP contribution < -0.4 is 14.2 Å². The number of aryl methyl sites for hydroxylation is 1. The molecule has 0 aromatic heterocycles. The minimum absolute atomic E-state index is 0.0243. The van der Waals surface area contributed by atoms with Crippen LogP contribution in [0.15, 0.2) is 64.4 Å². The van der Waals surface area contributed by atoms with Crippen LogP contribution in [0.3, 0.4) is 0 Å². The Hall–Kier alpha value is -4.17. The van der Waals surface area contributed by atoms with Crippen LogP contribution in [0, 0.1) is 0 Å². The van der Waals surface area contributed by atoms with Gasteiger partial charge in [0.25, 0.3) is 0 Å². The van der Waals surface area contributed by atoms with Crippen LogP contribution in [-0.4, -0.2) is 43.1 Å². The molecule has 4 aromatic carbocycles. The summed E-state index contributed by atoms with van der Waals surface area (Å²) >= 11 is 1.27. The van der Waals surface area contributed by atoms with E-state index in [4.69, 9.17) is 14.2 Å². The number of phenolic OH excluding ortho intramolecular Hbond substituents is 2. The van der Waals surface area contributed by atoms with Crippen molar-refractivity contribution in [1.82, 2.24) is 0 Å². The van der Waals surface area contributed by atoms with E-state index >= 15 is 0 Å². The molecule has 2 aliphatic carbocycles. The molecular weight excluding hydrogens is 504 g/mol. The lowest BCUT2D eigenvalue weighted by Gasteiger charge is -2.23. The van der Waals surface area contributed by atoms with Gasteiger partial charge in [0.1, 0.15) is 22.7 Å². The van der Waals surface area contributed by atoms with Gasteiger partial charge in [-0.3, -0.25) is 9.59 Å². The maximum atomic E-state index is 14.6. The molecule has 0 saturated carbocycles. The van der Waals surface area contributed by atoms with Gasteiger partial charge in [0, 0.05) is 32.4 Å². The fourth-order valence-corrected chi connectivity index (χ4v) is 7.06. The molecule has 0 fully saturated rings. The maximum absolute atomic E-state index is 14.6. The van der Waals surface area contributed by atoms with E-state index in [1.165, 1.54) is 39.2 Å². The summed E-state index contributed by atoms with van der Waals surface area (Å²) in [5, 5.41) is 22.9. The van der Waals surface area contributed by atoms with Gasteiger partial charge < -0.3 is 24.4 Å². The van der Waals surface area contributed by atoms with Crippen molar-refractivity contribution in [3.8, 4) is 28.7 Å². The van der Waals surface area contributed by atoms with E-state index in [-0.39, 0.29) is 40.2 Å². The lowest BCUT2D eigenvalue weighted by Crippen LogP contribution is -2.36. The number of hydrogen-bond acceptors (Lipinski definition) is 8. The van der Waals surface area contributed by atoms with E-state index in [0.717, 1.165) is 10.5 Å². The number of carbonyl (C=O) groups is 2. The molecule has 0 radical (unpaired) electrons. The predicted molar refractivity (Wildman–Crippen MR) is 143 cm³/mol. The molecule has 0 unspecified atom stereocenters. The van der Waals surface area contributed by atoms with Crippen LogP contribution in [-0.2, 0) is 11.8 Å². The molecule has 0 aliphatic heterocycles. The van der Waals surface area contributed by atoms with Crippen molar-refractivity contribution < 1.29 is 34.0 Å². The van der Waals surface area contributed by atoms with Gasteiger partial charge >= 0.3 is 0 Å². The first-order valence-electron chi connectivity index (χ1n) is 12.0. The third kappa shape index (κ3) is 3.04. The Morgan fingerprint density at radius 1 is 0.816 bits per heavy atom. The van der Waals surface area contributed by atoms with Crippen LogP contribution >= 0.6 is 11.8 Å². The van der Waals surface area contributed by atoms with Gasteiger partial charge in [-0.25, -0.2) is 0 Å². The van der Waals surface area contributed by atoms with Crippen molar-refractivity contribution in [1.29, 1.82) is 0 Å². The van der Waals surface area contributed by atoms with Gasteiger partial charge in [-0.2, -0.15) is 0 Å². The summed E-state index contributed by atoms with van der Waals surface area (Å²) in [7, 11) is 4.39. The summed E-state index contributed by atoms with van der Waals surface area (Å²) in [6.45, 7) is 0. The molecule has 8 heteroatoms. The third-order valence-corrected chi connectivity index (χ3v) is 8.67. The van der Waals surface area contributed by atoms with Crippen molar-refractivity contribution >= 4 is 34.1 Å². The first-order chi connectivity index (χ1) is 18.4. The first-order valence-corrected chi connectivity index (χ1v) is 12.9. The Balaban J connectivity index is 1.75. The largest absolute Gasteiger partial charge is 0.507 e. The predicted octanol–water partition coefficient (Wildman–Crippen LogP) is 5.69. The van der Waals surface area contributed by atoms with Crippen molar-refractivity contribution in [2.45, 2.75) is 28.0 Å². The maximum Gasteiger partial charge on any atom is 0.185 e. The standard InChI is InChI=1S/C30H24O7S/c1-35-18-11-7-8-15-12-13-30(24(15)18)28(33)21-23(29(30)34)27(38-16-9-5-4-6-10-16)22-20(25(21)32)17(31)14-19(36-2)26(22)37-3/h4-11,14,31-32H,12-13H2,1-3H3/t30-/m0/s1. The molecule has 0 bridgehead atoms. The van der Waals surface area contributed by atoms with Crippen LogP contribution in [0.1, 0.15) is 38.3 Å². The van der Waals surface area contributed by atoms with E-state index < -0.39 is 22.7 Å². The van der Waals surface area contributed by atoms with E-state index in [2.05, 4.69) is 0 Å². The summed E-state index contributed by atoms with van der Waals surface area (Å²) < 4.78 is 16.8. The molecule has 38 heavy (non-hydrogen) atoms. The fraction of sp³-hybridized carbons (Fsp3) is 0.200. The number of benzene rings is 4. The fourth-order valence-electron chi connectivity index (χ4n) is 5.94. The highest BCUT2D eigenvalue weighted by molar-refractivity contribution is 7.99. The number of carbonyl (C=O) groups excluding carboxylic acids is 2. The van der Waals surface area contributed by atoms with Crippen LogP contribution in [0.5, 0.6) is 28.7 Å². The summed E-state index contributed by atoms with van der Waals surface area (Å²) in [4.78, 5) is 30.1. The summed E-state index contributed by atoms with van der Waals surface area (Å²) in [6, 6.07) is 16.2. The summed E-state index contributed by atoms with van der Waals surface area (Å²) in [5.41, 5.74) is -0.109. The normalized spacial score (nSPS) is 17.7. The number of fused-ring (bicyclic) bond motifs is 4. The molecule has 192 valence electrons. The minimum atomic E-state index is -1.53. The van der Waals surface area contributed by atoms with Gasteiger partial charge in [-0.1, -0.05) is 42.1 Å². The number of hydrogen-bond donors (Lipinski definition) is 2. The Kier molecular flexibility index (Phi) is 5.54. The zero-order chi connectivity index (χ0) is 26.8. The van der Waals surface area contributed by atoms with Gasteiger partial charge in [0.15, 0.2) is 23.1 Å². The number of aromatic hydroxyl groups is 2. The highest BCUT2D eigenvalue weighted by Gasteiger charge is 2.60. The molecule has 4 aromatic rings. The Morgan fingerprint density at radius 2 is 1.53 bits per heavy atom. The SMILES string of the molecule is COc1cccc2c1[C@@]1(CC2)C(=O)c2c(c(Sc3ccccc3)c3c(OC)c(OC)cc(O)c3c2O)C1=O. The average Bonchev–Trinajstić information content (AvgIpc) is 3.43. The molecular formula is C30H24O7S. The van der Waals surface area contributed by atoms with Crippen LogP contribution in [0.2, 0.25) is 0 Å². The van der Waals surface area contributed by atoms with Gasteiger partial charge in [-0.05, 0) is 36.6 Å². The molecule has 2 N–H and O–H groups in total. The molecule has 0 heterocycles. The zero-order valence-electron chi connectivity index (χ0n) is 21.0. The molecule has 0 saturated heterocycles. The number of ether oxygens (including phenoxy) is 3. The number of phenols is 2. The lowest BCUT2D eigenvalue weighted by molar-refractivity contribution is 0.0790. The van der Waals surface area contributed by atoms with Crippen molar-refractivity contribution in [3.63, 3.8) is 0 Å². The van der Waals surface area contributed by atoms with Crippen molar-refractivity contribution in [2.75, 3.05) is 21.3 Å². The molecule has 1 atom stereocenters. The van der Waals surface area contributed by atoms with E-state index in [1.54, 1.807) is 6.07 Å². The highest BCUT2D eigenvalue weighted by Crippen LogP contribution is 2.59. The van der Waals surface area contributed by atoms with Gasteiger partial charge in [0.2, 0.25) is 0 Å². The quantitative estimate of drug-likeness (QED) is 0.319. The van der Waals surface area contributed by atoms with E-state index in [9.17, 15) is 19.8 Å². The minimum Gasteiger partial charge on any atom is -0.507 e. The number of ketones is 2. The molecule has 1 spiro atoms. The molecule has 0 amide bonds. The third-order valence-electron chi connectivity index (χ3n) is 7.55. The summed E-state index contributed by atoms with van der Waals surface area (Å²) in [6.07, 6.45) is 0.772. The van der Waals surface area contributed by atoms with Crippen LogP contribution in [0.4, 0.5) is 0 Å². The Morgan fingerprint density at radius 3 is 2.21 bits per heavy atom. The van der Waals surface area contributed by atoms with Gasteiger partial charge in [0.05, 0.1) is 32.3 Å². The van der Waals surface area contributed by atoms with E-state index in [1.807, 2.05) is 42.5 Å². The Bertz CT molecular complexity index is 1660. The molecule has 7 nitrogen and oxygen atoms in total. The smallest absolute Gasteiger partial charge is 0.185 e. The highest BCUT2D eigenvalue weighted by atomic mass is 32.2. The zero-order valence-corrected chi connectivity index (χ0v) is 21.8. The topological polar surface area (TPSA) is 102 Å². The number of methoxy groups -OCH3 is 3. The second-order valence-corrected chi connectivity index (χ2v) is 10.4. The first kappa shape index (κ1) is 24.2. The summed E-state index contributed by atoms with van der Waals surface area (Å²) in [5.74, 6) is -0.723. The van der Waals surface area contributed by atoms with Crippen molar-refractivity contribution in [3.05, 3.63) is 76.9 Å². The number of Topliss-reactive ketones (excluding diaryl/α,β-unsaturated/α-hetero) is 2. The average molecular weight is 529 g/mol.